The van der Waals surface area contributed by atoms with Crippen LogP contribution in [0.2, 0.25) is 0 Å². The van der Waals surface area contributed by atoms with Crippen LogP contribution in [0.3, 0.4) is 0 Å². The van der Waals surface area contributed by atoms with Crippen LogP contribution in [0.5, 0.6) is 0 Å². The van der Waals surface area contributed by atoms with Crippen LogP contribution < -0.4 is 5.11 Å². The molecular formula is C32H59NO7. The van der Waals surface area contributed by atoms with Gasteiger partial charge in [-0.15, -0.1) is 0 Å². The fourth-order valence-corrected chi connectivity index (χ4v) is 3.91. The Balaban J connectivity index is 3.60. The van der Waals surface area contributed by atoms with E-state index >= 15 is 0 Å². The molecule has 0 radical (unpaired) electrons. The van der Waals surface area contributed by atoms with Gasteiger partial charge in [0.1, 0.15) is 19.3 Å². The number of hydrogen-bond acceptors (Lipinski definition) is 7. The SMILES string of the molecule is CCCCC/C=C\C/C=C\CCCCCCCCCCCC(=O)OCC(O)COC(OCC[N+](C)(C)C)C(=O)[O-]. The van der Waals surface area contributed by atoms with E-state index in [4.69, 9.17) is 14.2 Å². The smallest absolute Gasteiger partial charge is 0.305 e. The number of aliphatic hydroxyl groups excluding tert-OH is 1. The average molecular weight is 570 g/mol. The first-order valence-corrected chi connectivity index (χ1v) is 15.5. The number of unbranched alkanes of at least 4 members (excludes halogenated alkanes) is 12. The first kappa shape index (κ1) is 38.3. The van der Waals surface area contributed by atoms with E-state index in [1.165, 1.54) is 70.6 Å². The van der Waals surface area contributed by atoms with Gasteiger partial charge in [0.25, 0.3) is 0 Å². The second kappa shape index (κ2) is 26.2. The molecule has 0 bridgehead atoms. The fourth-order valence-electron chi connectivity index (χ4n) is 3.91. The average Bonchev–Trinajstić information content (AvgIpc) is 2.89. The van der Waals surface area contributed by atoms with E-state index in [0.29, 0.717) is 17.4 Å². The molecule has 0 aromatic heterocycles. The van der Waals surface area contributed by atoms with Gasteiger partial charge < -0.3 is 33.7 Å². The fraction of sp³-hybridized carbons (Fsp3) is 0.812. The maximum atomic E-state index is 11.9. The number of esters is 1. The monoisotopic (exact) mass is 569 g/mol. The maximum Gasteiger partial charge on any atom is 0.305 e. The summed E-state index contributed by atoms with van der Waals surface area (Å²) in [6, 6.07) is 0. The maximum absolute atomic E-state index is 11.9. The number of hydrogen-bond donors (Lipinski definition) is 1. The Morgan fingerprint density at radius 2 is 1.32 bits per heavy atom. The molecule has 2 atom stereocenters. The molecule has 0 aromatic carbocycles. The van der Waals surface area contributed by atoms with Gasteiger partial charge in [-0.2, -0.15) is 0 Å². The number of carboxylic acid groups (broad SMARTS) is 1. The van der Waals surface area contributed by atoms with Crippen molar-refractivity contribution >= 4 is 11.9 Å². The Kier molecular flexibility index (Phi) is 25.0. The van der Waals surface area contributed by atoms with E-state index in [-0.39, 0.29) is 25.8 Å². The molecule has 2 unspecified atom stereocenters. The highest BCUT2D eigenvalue weighted by Gasteiger charge is 2.17. The Morgan fingerprint density at radius 1 is 0.775 bits per heavy atom. The van der Waals surface area contributed by atoms with E-state index in [2.05, 4.69) is 31.2 Å². The normalized spacial score (nSPS) is 13.7. The number of quaternary nitrogens is 1. The molecule has 0 saturated heterocycles. The molecule has 0 rings (SSSR count). The molecule has 8 nitrogen and oxygen atoms in total. The highest BCUT2D eigenvalue weighted by atomic mass is 16.7. The first-order chi connectivity index (χ1) is 19.2. The third-order valence-corrected chi connectivity index (χ3v) is 6.43. The number of nitrogens with zero attached hydrogens (tertiary/aromatic N) is 1. The molecular weight excluding hydrogens is 510 g/mol. The Hall–Kier alpha value is -1.74. The number of carboxylic acids is 1. The van der Waals surface area contributed by atoms with Gasteiger partial charge in [0.2, 0.25) is 0 Å². The van der Waals surface area contributed by atoms with Gasteiger partial charge in [0, 0.05) is 6.42 Å². The van der Waals surface area contributed by atoms with E-state index < -0.39 is 18.4 Å². The number of carbonyl (C=O) groups excluding carboxylic acids is 2. The Bertz CT molecular complexity index is 673. The second-order valence-electron chi connectivity index (χ2n) is 11.6. The summed E-state index contributed by atoms with van der Waals surface area (Å²) in [6.07, 6.45) is 24.5. The molecule has 0 aliphatic rings. The third kappa shape index (κ3) is 27.8. The number of carbonyl (C=O) groups is 2. The molecule has 0 saturated carbocycles. The van der Waals surface area contributed by atoms with E-state index in [1.54, 1.807) is 0 Å². The molecule has 40 heavy (non-hydrogen) atoms. The number of rotatable bonds is 28. The molecule has 0 aromatic rings. The second-order valence-corrected chi connectivity index (χ2v) is 11.6. The summed E-state index contributed by atoms with van der Waals surface area (Å²) >= 11 is 0. The lowest BCUT2D eigenvalue weighted by Crippen LogP contribution is -2.44. The van der Waals surface area contributed by atoms with E-state index in [0.717, 1.165) is 25.7 Å². The lowest BCUT2D eigenvalue weighted by Gasteiger charge is -2.26. The predicted molar refractivity (Wildman–Crippen MR) is 158 cm³/mol. The molecule has 0 spiro atoms. The highest BCUT2D eigenvalue weighted by molar-refractivity contribution is 5.69. The zero-order valence-electron chi connectivity index (χ0n) is 26.0. The summed E-state index contributed by atoms with van der Waals surface area (Å²) in [5.74, 6) is -1.88. The number of ether oxygens (including phenoxy) is 3. The van der Waals surface area contributed by atoms with Crippen molar-refractivity contribution in [2.45, 2.75) is 122 Å². The third-order valence-electron chi connectivity index (χ3n) is 6.43. The van der Waals surface area contributed by atoms with Gasteiger partial charge in [-0.05, 0) is 38.5 Å². The summed E-state index contributed by atoms with van der Waals surface area (Å²) < 4.78 is 15.9. The van der Waals surface area contributed by atoms with Gasteiger partial charge in [-0.1, -0.05) is 89.0 Å². The summed E-state index contributed by atoms with van der Waals surface area (Å²) in [7, 11) is 5.86. The zero-order valence-corrected chi connectivity index (χ0v) is 26.0. The van der Waals surface area contributed by atoms with Crippen molar-refractivity contribution in [1.29, 1.82) is 0 Å². The molecule has 8 heteroatoms. The highest BCUT2D eigenvalue weighted by Crippen LogP contribution is 2.12. The van der Waals surface area contributed by atoms with Crippen LogP contribution in [0.15, 0.2) is 24.3 Å². The molecule has 234 valence electrons. The van der Waals surface area contributed by atoms with Crippen LogP contribution >= 0.6 is 0 Å². The van der Waals surface area contributed by atoms with Crippen molar-refractivity contribution in [2.24, 2.45) is 0 Å². The Labute approximate surface area is 244 Å². The van der Waals surface area contributed by atoms with Gasteiger partial charge >= 0.3 is 5.97 Å². The largest absolute Gasteiger partial charge is 0.545 e. The summed E-state index contributed by atoms with van der Waals surface area (Å²) in [4.78, 5) is 23.0. The van der Waals surface area contributed by atoms with Crippen LogP contribution in [0.4, 0.5) is 0 Å². The molecule has 0 aliphatic heterocycles. The summed E-state index contributed by atoms with van der Waals surface area (Å²) in [5.41, 5.74) is 0. The summed E-state index contributed by atoms with van der Waals surface area (Å²) in [5, 5.41) is 21.1. The standard InChI is InChI=1S/C32H59NO7/c1-5-6-7-8-9-10-11-12-13-14-15-16-17-18-19-20-21-22-23-24-30(35)39-27-29(34)28-40-32(31(36)37)38-26-25-33(2,3)4/h9-10,12-13,29,32,34H,5-8,11,14-28H2,1-4H3/b10-9-,13-12-. The molecule has 1 N–H and O–H groups in total. The predicted octanol–water partition coefficient (Wildman–Crippen LogP) is 5.08. The quantitative estimate of drug-likeness (QED) is 0.0461. The molecule has 0 amide bonds. The van der Waals surface area contributed by atoms with Gasteiger partial charge in [0.05, 0.1) is 40.3 Å². The number of aliphatic carboxylic acids is 1. The van der Waals surface area contributed by atoms with Gasteiger partial charge in [-0.25, -0.2) is 0 Å². The van der Waals surface area contributed by atoms with Crippen molar-refractivity contribution in [3.63, 3.8) is 0 Å². The van der Waals surface area contributed by atoms with Crippen LogP contribution in [0, 0.1) is 0 Å². The van der Waals surface area contributed by atoms with E-state index in [9.17, 15) is 19.8 Å². The summed E-state index contributed by atoms with van der Waals surface area (Å²) in [6.45, 7) is 2.42. The minimum Gasteiger partial charge on any atom is -0.545 e. The Morgan fingerprint density at radius 3 is 1.88 bits per heavy atom. The topological polar surface area (TPSA) is 105 Å². The number of aliphatic hydroxyl groups is 1. The minimum absolute atomic E-state index is 0.169. The molecule has 0 heterocycles. The van der Waals surface area contributed by atoms with Crippen molar-refractivity contribution < 1.29 is 38.5 Å². The van der Waals surface area contributed by atoms with Crippen molar-refractivity contribution in [3.8, 4) is 0 Å². The minimum atomic E-state index is -1.57. The lowest BCUT2D eigenvalue weighted by molar-refractivity contribution is -0.870. The van der Waals surface area contributed by atoms with Crippen molar-refractivity contribution in [2.75, 3.05) is 47.5 Å². The van der Waals surface area contributed by atoms with Crippen molar-refractivity contribution in [3.05, 3.63) is 24.3 Å². The van der Waals surface area contributed by atoms with Gasteiger partial charge in [-0.3, -0.25) is 4.79 Å². The zero-order chi connectivity index (χ0) is 29.9. The molecule has 0 aliphatic carbocycles. The van der Waals surface area contributed by atoms with Crippen molar-refractivity contribution in [1.82, 2.24) is 0 Å². The van der Waals surface area contributed by atoms with Crippen LogP contribution in [0.1, 0.15) is 110 Å². The van der Waals surface area contributed by atoms with E-state index in [1.807, 2.05) is 21.1 Å². The first-order valence-electron chi connectivity index (χ1n) is 15.5. The number of allylic oxidation sites excluding steroid dienone is 4. The molecule has 0 fully saturated rings. The number of likely N-dealkylation sites (N-methyl/N-ethyl adjacent to an activating group) is 1. The van der Waals surface area contributed by atoms with Crippen LogP contribution in [0.25, 0.3) is 0 Å². The van der Waals surface area contributed by atoms with Gasteiger partial charge in [0.15, 0.2) is 6.29 Å². The lowest BCUT2D eigenvalue weighted by atomic mass is 10.1. The van der Waals surface area contributed by atoms with Crippen LogP contribution in [-0.4, -0.2) is 81.4 Å². The van der Waals surface area contributed by atoms with Crippen LogP contribution in [-0.2, 0) is 23.8 Å².